The molecule has 0 amide bonds. The number of ketones is 1. The maximum absolute atomic E-state index is 10.8. The minimum atomic E-state index is 0.490. The van der Waals surface area contributed by atoms with E-state index < -0.39 is 0 Å². The van der Waals surface area contributed by atoms with Crippen LogP contribution in [-0.4, -0.2) is 5.78 Å². The third kappa shape index (κ3) is 0.525. The first kappa shape index (κ1) is 5.45. The van der Waals surface area contributed by atoms with Crippen LogP contribution in [0.2, 0.25) is 0 Å². The first-order valence-corrected chi connectivity index (χ1v) is 3.64. The summed E-state index contributed by atoms with van der Waals surface area (Å²) in [4.78, 5) is 10.8. The van der Waals surface area contributed by atoms with Gasteiger partial charge in [-0.15, -0.1) is 0 Å². The van der Waals surface area contributed by atoms with Gasteiger partial charge in [0.2, 0.25) is 0 Å². The summed E-state index contributed by atoms with van der Waals surface area (Å²) >= 11 is 0. The molecule has 0 aromatic heterocycles. The summed E-state index contributed by atoms with van der Waals surface area (Å²) in [5, 5.41) is 0. The molecule has 2 aliphatic carbocycles. The van der Waals surface area contributed by atoms with E-state index in [1.54, 1.807) is 0 Å². The molecule has 0 N–H and O–H groups in total. The number of rotatable bonds is 0. The molecule has 0 bridgehead atoms. The summed E-state index contributed by atoms with van der Waals surface area (Å²) in [6.45, 7) is 4.55. The van der Waals surface area contributed by atoms with Gasteiger partial charge >= 0.3 is 0 Å². The number of hydrogen-bond acceptors (Lipinski definition) is 1. The molecule has 0 unspecified atom stereocenters. The first-order valence-electron chi connectivity index (χ1n) is 3.64. The van der Waals surface area contributed by atoms with Gasteiger partial charge in [0.25, 0.3) is 0 Å². The molecule has 0 spiro atoms. The quantitative estimate of drug-likeness (QED) is 0.479. The smallest absolute Gasteiger partial charge is 0.133 e. The van der Waals surface area contributed by atoms with Gasteiger partial charge in [-0.3, -0.25) is 4.79 Å². The van der Waals surface area contributed by atoms with Crippen molar-refractivity contribution in [3.05, 3.63) is 0 Å². The summed E-state index contributed by atoms with van der Waals surface area (Å²) in [5.74, 6) is 2.00. The van der Waals surface area contributed by atoms with E-state index in [0.29, 0.717) is 11.2 Å². The molecule has 0 radical (unpaired) electrons. The molecule has 0 aromatic carbocycles. The van der Waals surface area contributed by atoms with Crippen LogP contribution < -0.4 is 0 Å². The third-order valence-corrected chi connectivity index (χ3v) is 3.18. The minimum absolute atomic E-state index is 0.490. The highest BCUT2D eigenvalue weighted by atomic mass is 16.1. The number of carbonyl (C=O) groups is 1. The topological polar surface area (TPSA) is 17.1 Å². The second kappa shape index (κ2) is 1.23. The fourth-order valence-electron chi connectivity index (χ4n) is 2.24. The lowest BCUT2D eigenvalue weighted by atomic mass is 10.0. The predicted octanol–water partition coefficient (Wildman–Crippen LogP) is 1.62. The van der Waals surface area contributed by atoms with E-state index in [4.69, 9.17) is 0 Å². The second-order valence-electron chi connectivity index (χ2n) is 3.98. The lowest BCUT2D eigenvalue weighted by Gasteiger charge is -2.04. The van der Waals surface area contributed by atoms with Crippen molar-refractivity contribution in [2.45, 2.75) is 26.7 Å². The maximum Gasteiger partial charge on any atom is 0.133 e. The van der Waals surface area contributed by atoms with E-state index in [1.165, 1.54) is 0 Å². The van der Waals surface area contributed by atoms with E-state index in [2.05, 4.69) is 13.8 Å². The molecule has 0 aromatic rings. The van der Waals surface area contributed by atoms with E-state index in [9.17, 15) is 4.79 Å². The molecular formula is C8H12O. The fourth-order valence-corrected chi connectivity index (χ4v) is 2.24. The number of Topliss-reactive ketones (excluding diaryl/α,β-unsaturated/α-hetero) is 1. The molecule has 2 atom stereocenters. The fraction of sp³-hybridized carbons (Fsp3) is 0.875. The van der Waals surface area contributed by atoms with E-state index in [0.717, 1.165) is 24.7 Å². The Labute approximate surface area is 55.4 Å². The Morgan fingerprint density at radius 1 is 1.33 bits per heavy atom. The highest BCUT2D eigenvalue weighted by molar-refractivity contribution is 5.83. The van der Waals surface area contributed by atoms with Gasteiger partial charge in [-0.25, -0.2) is 0 Å². The normalized spacial score (nSPS) is 44.9. The highest BCUT2D eigenvalue weighted by Gasteiger charge is 2.61. The predicted molar refractivity (Wildman–Crippen MR) is 35.0 cm³/mol. The molecule has 0 heterocycles. The van der Waals surface area contributed by atoms with Gasteiger partial charge in [-0.1, -0.05) is 13.8 Å². The van der Waals surface area contributed by atoms with Gasteiger partial charge in [0.1, 0.15) is 5.78 Å². The maximum atomic E-state index is 10.8. The number of carbonyl (C=O) groups excluding carboxylic acids is 1. The molecular weight excluding hydrogens is 112 g/mol. The van der Waals surface area contributed by atoms with Gasteiger partial charge in [-0.2, -0.15) is 0 Å². The highest BCUT2D eigenvalue weighted by Crippen LogP contribution is 2.65. The van der Waals surface area contributed by atoms with Crippen molar-refractivity contribution in [2.24, 2.45) is 17.3 Å². The third-order valence-electron chi connectivity index (χ3n) is 3.18. The van der Waals surface area contributed by atoms with Crippen LogP contribution in [0.4, 0.5) is 0 Å². The van der Waals surface area contributed by atoms with Crippen molar-refractivity contribution < 1.29 is 4.79 Å². The minimum Gasteiger partial charge on any atom is -0.300 e. The zero-order valence-electron chi connectivity index (χ0n) is 5.98. The Bertz CT molecular complexity index is 153. The van der Waals surface area contributed by atoms with Crippen molar-refractivity contribution >= 4 is 5.78 Å². The van der Waals surface area contributed by atoms with Crippen LogP contribution in [0.5, 0.6) is 0 Å². The number of hydrogen-bond donors (Lipinski definition) is 0. The molecule has 2 aliphatic rings. The van der Waals surface area contributed by atoms with Gasteiger partial charge in [0.05, 0.1) is 0 Å². The zero-order chi connectivity index (χ0) is 6.65. The van der Waals surface area contributed by atoms with Crippen LogP contribution >= 0.6 is 0 Å². The van der Waals surface area contributed by atoms with Crippen molar-refractivity contribution in [2.75, 3.05) is 0 Å². The molecule has 1 nitrogen and oxygen atoms in total. The molecule has 1 heteroatoms. The van der Waals surface area contributed by atoms with E-state index in [1.807, 2.05) is 0 Å². The molecule has 0 aliphatic heterocycles. The molecule has 2 fully saturated rings. The Kier molecular flexibility index (Phi) is 0.744. The largest absolute Gasteiger partial charge is 0.300 e. The molecule has 9 heavy (non-hydrogen) atoms. The van der Waals surface area contributed by atoms with E-state index in [-0.39, 0.29) is 0 Å². The van der Waals surface area contributed by atoms with Crippen molar-refractivity contribution in [3.8, 4) is 0 Å². The van der Waals surface area contributed by atoms with Crippen LogP contribution in [0, 0.1) is 17.3 Å². The summed E-state index contributed by atoms with van der Waals surface area (Å²) < 4.78 is 0. The number of fused-ring (bicyclic) bond motifs is 1. The molecule has 50 valence electrons. The van der Waals surface area contributed by atoms with Gasteiger partial charge in [-0.05, 0) is 17.3 Å². The van der Waals surface area contributed by atoms with Gasteiger partial charge < -0.3 is 0 Å². The molecule has 2 rings (SSSR count). The Balaban J connectivity index is 2.14. The Morgan fingerprint density at radius 2 is 1.78 bits per heavy atom. The Hall–Kier alpha value is -0.330. The monoisotopic (exact) mass is 124 g/mol. The van der Waals surface area contributed by atoms with Crippen molar-refractivity contribution in [1.29, 1.82) is 0 Å². The lowest BCUT2D eigenvalue weighted by Crippen LogP contribution is -2.03. The Morgan fingerprint density at radius 3 is 2.11 bits per heavy atom. The van der Waals surface area contributed by atoms with E-state index >= 15 is 0 Å². The van der Waals surface area contributed by atoms with Crippen LogP contribution in [0.1, 0.15) is 26.7 Å². The van der Waals surface area contributed by atoms with Crippen molar-refractivity contribution in [3.63, 3.8) is 0 Å². The van der Waals surface area contributed by atoms with Crippen LogP contribution in [0.3, 0.4) is 0 Å². The van der Waals surface area contributed by atoms with Crippen LogP contribution in [-0.2, 0) is 4.79 Å². The molecule has 0 saturated heterocycles. The average molecular weight is 124 g/mol. The SMILES string of the molecule is CC1(C)[C@@H]2CC(=O)C[C@@H]21. The van der Waals surface area contributed by atoms with Crippen LogP contribution in [0.25, 0.3) is 0 Å². The first-order chi connectivity index (χ1) is 4.12. The zero-order valence-corrected chi connectivity index (χ0v) is 5.98. The lowest BCUT2D eigenvalue weighted by molar-refractivity contribution is -0.118. The van der Waals surface area contributed by atoms with Gasteiger partial charge in [0.15, 0.2) is 0 Å². The van der Waals surface area contributed by atoms with Crippen LogP contribution in [0.15, 0.2) is 0 Å². The summed E-state index contributed by atoms with van der Waals surface area (Å²) in [7, 11) is 0. The summed E-state index contributed by atoms with van der Waals surface area (Å²) in [6, 6.07) is 0. The molecule has 2 saturated carbocycles. The average Bonchev–Trinajstić information content (AvgIpc) is 2.27. The van der Waals surface area contributed by atoms with Crippen molar-refractivity contribution in [1.82, 2.24) is 0 Å². The summed E-state index contributed by atoms with van der Waals surface area (Å²) in [5.41, 5.74) is 0.522. The standard InChI is InChI=1S/C8H12O/c1-8(2)6-3-5(9)4-7(6)8/h6-7H,3-4H2,1-2H3/t6-,7+. The summed E-state index contributed by atoms with van der Waals surface area (Å²) in [6.07, 6.45) is 1.75. The van der Waals surface area contributed by atoms with Gasteiger partial charge in [0, 0.05) is 12.8 Å². The second-order valence-corrected chi connectivity index (χ2v) is 3.98.